The summed E-state index contributed by atoms with van der Waals surface area (Å²) in [5, 5.41) is 4.18. The zero-order valence-electron chi connectivity index (χ0n) is 11.8. The fourth-order valence-corrected chi connectivity index (χ4v) is 2.42. The van der Waals surface area contributed by atoms with E-state index < -0.39 is 17.9 Å². The van der Waals surface area contributed by atoms with E-state index in [0.29, 0.717) is 22.6 Å². The quantitative estimate of drug-likeness (QED) is 0.707. The molecule has 22 heavy (non-hydrogen) atoms. The van der Waals surface area contributed by atoms with Crippen molar-refractivity contribution in [2.24, 2.45) is 5.92 Å². The molecule has 0 radical (unpaired) electrons. The normalized spacial score (nSPS) is 12.0. The van der Waals surface area contributed by atoms with Gasteiger partial charge in [0.05, 0.1) is 5.69 Å². The van der Waals surface area contributed by atoms with E-state index in [-0.39, 0.29) is 0 Å². The largest absolute Gasteiger partial charge is 0.573 e. The molecule has 1 aromatic heterocycles. The zero-order valence-corrected chi connectivity index (χ0v) is 13.4. The molecule has 0 N–H and O–H groups in total. The van der Waals surface area contributed by atoms with Crippen molar-refractivity contribution in [3.8, 4) is 11.4 Å². The van der Waals surface area contributed by atoms with Gasteiger partial charge in [0.15, 0.2) is 11.6 Å². The molecule has 0 unspecified atom stereocenters. The summed E-state index contributed by atoms with van der Waals surface area (Å²) in [6, 6.07) is 5.02. The highest BCUT2D eigenvalue weighted by atomic mass is 79.9. The van der Waals surface area contributed by atoms with Crippen LogP contribution < -0.4 is 4.74 Å². The van der Waals surface area contributed by atoms with Crippen LogP contribution in [0.15, 0.2) is 28.9 Å². The van der Waals surface area contributed by atoms with Gasteiger partial charge in [-0.2, -0.15) is 5.10 Å². The number of nitrogens with zero attached hydrogens (tertiary/aromatic N) is 2. The Labute approximate surface area is 133 Å². The number of ether oxygens (including phenoxy) is 1. The monoisotopic (exact) mass is 380 g/mol. The van der Waals surface area contributed by atoms with Gasteiger partial charge < -0.3 is 4.74 Å². The molecular weight excluding hydrogens is 368 g/mol. The molecule has 0 spiro atoms. The van der Waals surface area contributed by atoms with Crippen LogP contribution in [0.25, 0.3) is 5.69 Å². The molecule has 2 rings (SSSR count). The maximum absolute atomic E-state index is 13.5. The highest BCUT2D eigenvalue weighted by molar-refractivity contribution is 9.10. The Hall–Kier alpha value is -1.57. The Morgan fingerprint density at radius 3 is 2.55 bits per heavy atom. The maximum atomic E-state index is 13.5. The smallest absolute Gasteiger partial charge is 0.403 e. The van der Waals surface area contributed by atoms with Gasteiger partial charge in [0, 0.05) is 11.8 Å². The van der Waals surface area contributed by atoms with Crippen molar-refractivity contribution < 1.29 is 22.3 Å². The first kappa shape index (κ1) is 16.8. The number of rotatable bonds is 4. The molecule has 0 amide bonds. The third kappa shape index (κ3) is 4.22. The molecule has 0 aliphatic rings. The van der Waals surface area contributed by atoms with Gasteiger partial charge in [-0.3, -0.25) is 0 Å². The molecule has 8 heteroatoms. The molecule has 120 valence electrons. The van der Waals surface area contributed by atoms with Crippen molar-refractivity contribution in [3.05, 3.63) is 40.4 Å². The minimum Gasteiger partial charge on any atom is -0.403 e. The molecule has 0 aliphatic heterocycles. The van der Waals surface area contributed by atoms with E-state index in [1.165, 1.54) is 10.7 Å². The number of hydrogen-bond acceptors (Lipinski definition) is 2. The third-order valence-corrected chi connectivity index (χ3v) is 3.14. The van der Waals surface area contributed by atoms with Crippen molar-refractivity contribution in [2.75, 3.05) is 0 Å². The molecule has 0 aliphatic carbocycles. The standard InChI is InChI=1S/C14H13BrF4N2O/c1-8(2)5-10-7-13(15)20-21(10)9-3-4-11(16)12(6-9)22-14(17,18)19/h3-4,6-8H,5H2,1-2H3. The number of hydrogen-bond donors (Lipinski definition) is 0. The van der Waals surface area contributed by atoms with Crippen LogP contribution in [0.2, 0.25) is 0 Å². The third-order valence-electron chi connectivity index (χ3n) is 2.76. The van der Waals surface area contributed by atoms with Crippen LogP contribution in [-0.2, 0) is 6.42 Å². The fourth-order valence-electron chi connectivity index (χ4n) is 2.00. The van der Waals surface area contributed by atoms with E-state index >= 15 is 0 Å². The SMILES string of the molecule is CC(C)Cc1cc(Br)nn1-c1ccc(F)c(OC(F)(F)F)c1. The summed E-state index contributed by atoms with van der Waals surface area (Å²) in [6.45, 7) is 4.02. The molecule has 1 aromatic carbocycles. The summed E-state index contributed by atoms with van der Waals surface area (Å²) in [5.41, 5.74) is 1.09. The Bertz CT molecular complexity index is 667. The minimum atomic E-state index is -4.95. The van der Waals surface area contributed by atoms with E-state index in [4.69, 9.17) is 0 Å². The zero-order chi connectivity index (χ0) is 16.5. The highest BCUT2D eigenvalue weighted by Gasteiger charge is 2.32. The second kappa shape index (κ2) is 6.28. The highest BCUT2D eigenvalue weighted by Crippen LogP contribution is 2.28. The summed E-state index contributed by atoms with van der Waals surface area (Å²) < 4.78 is 56.1. The van der Waals surface area contributed by atoms with Crippen molar-refractivity contribution in [1.29, 1.82) is 0 Å². The Morgan fingerprint density at radius 2 is 1.95 bits per heavy atom. The van der Waals surface area contributed by atoms with Gasteiger partial charge >= 0.3 is 6.36 Å². The first-order valence-corrected chi connectivity index (χ1v) is 7.25. The van der Waals surface area contributed by atoms with Gasteiger partial charge in [-0.1, -0.05) is 13.8 Å². The van der Waals surface area contributed by atoms with E-state index in [9.17, 15) is 17.6 Å². The lowest BCUT2D eigenvalue weighted by atomic mass is 10.1. The first-order valence-electron chi connectivity index (χ1n) is 6.46. The molecule has 0 fully saturated rings. The molecular formula is C14H13BrF4N2O. The van der Waals surface area contributed by atoms with Crippen LogP contribution in [0, 0.1) is 11.7 Å². The summed E-state index contributed by atoms with van der Waals surface area (Å²) in [7, 11) is 0. The van der Waals surface area contributed by atoms with Gasteiger partial charge in [0.1, 0.15) is 4.60 Å². The minimum absolute atomic E-state index is 0.294. The second-order valence-electron chi connectivity index (χ2n) is 5.13. The molecule has 2 aromatic rings. The molecule has 0 atom stereocenters. The van der Waals surface area contributed by atoms with Crippen LogP contribution in [0.4, 0.5) is 17.6 Å². The van der Waals surface area contributed by atoms with Crippen molar-refractivity contribution in [2.45, 2.75) is 26.6 Å². The van der Waals surface area contributed by atoms with Crippen LogP contribution >= 0.6 is 15.9 Å². The first-order chi connectivity index (χ1) is 10.2. The van der Waals surface area contributed by atoms with Crippen molar-refractivity contribution >= 4 is 15.9 Å². The summed E-state index contributed by atoms with van der Waals surface area (Å²) in [5.74, 6) is -1.64. The van der Waals surface area contributed by atoms with Crippen LogP contribution in [-0.4, -0.2) is 16.1 Å². The van der Waals surface area contributed by atoms with Crippen molar-refractivity contribution in [1.82, 2.24) is 9.78 Å². The average Bonchev–Trinajstić information content (AvgIpc) is 2.70. The van der Waals surface area contributed by atoms with Crippen molar-refractivity contribution in [3.63, 3.8) is 0 Å². The van der Waals surface area contributed by atoms with Crippen LogP contribution in [0.1, 0.15) is 19.5 Å². The Balaban J connectivity index is 2.43. The molecule has 0 bridgehead atoms. The summed E-state index contributed by atoms with van der Waals surface area (Å²) in [6.07, 6.45) is -4.28. The average molecular weight is 381 g/mol. The van der Waals surface area contributed by atoms with Gasteiger partial charge in [-0.25, -0.2) is 9.07 Å². The topological polar surface area (TPSA) is 27.1 Å². The molecule has 0 saturated carbocycles. The summed E-state index contributed by atoms with van der Waals surface area (Å²) in [4.78, 5) is 0. The van der Waals surface area contributed by atoms with Gasteiger partial charge in [0.2, 0.25) is 0 Å². The molecule has 0 saturated heterocycles. The lowest BCUT2D eigenvalue weighted by Gasteiger charge is -2.13. The number of halogens is 5. The van der Waals surface area contributed by atoms with Crippen LogP contribution in [0.3, 0.4) is 0 Å². The number of benzene rings is 1. The van der Waals surface area contributed by atoms with Gasteiger partial charge in [-0.15, -0.1) is 13.2 Å². The second-order valence-corrected chi connectivity index (χ2v) is 5.94. The predicted octanol–water partition coefficient (Wildman–Crippen LogP) is 4.87. The number of alkyl halides is 3. The Kier molecular flexibility index (Phi) is 4.79. The van der Waals surface area contributed by atoms with Crippen LogP contribution in [0.5, 0.6) is 5.75 Å². The van der Waals surface area contributed by atoms with E-state index in [1.807, 2.05) is 13.8 Å². The summed E-state index contributed by atoms with van der Waals surface area (Å²) >= 11 is 3.23. The maximum Gasteiger partial charge on any atom is 0.573 e. The van der Waals surface area contributed by atoms with E-state index in [2.05, 4.69) is 25.8 Å². The van der Waals surface area contributed by atoms with E-state index in [0.717, 1.165) is 17.8 Å². The lowest BCUT2D eigenvalue weighted by Crippen LogP contribution is -2.18. The molecule has 1 heterocycles. The predicted molar refractivity (Wildman–Crippen MR) is 76.4 cm³/mol. The fraction of sp³-hybridized carbons (Fsp3) is 0.357. The molecule has 3 nitrogen and oxygen atoms in total. The van der Waals surface area contributed by atoms with Gasteiger partial charge in [0.25, 0.3) is 0 Å². The lowest BCUT2D eigenvalue weighted by molar-refractivity contribution is -0.275. The number of aromatic nitrogens is 2. The van der Waals surface area contributed by atoms with Gasteiger partial charge in [-0.05, 0) is 46.5 Å². The Morgan fingerprint density at radius 1 is 1.27 bits per heavy atom. The van der Waals surface area contributed by atoms with E-state index in [1.54, 1.807) is 6.07 Å².